The standard InChI is InChI=1S/C27H29F3N4O3/c1-3-15-37-33-24(35)17-26(16-19-7-5-4-6-8-19)18-34(14-13-31-26)21-10-11-22(36-2)25-20(21)9-12-23(32-25)27(28,29)30/h3-12,31H,1,13-18H2,2H3,(H,33,35). The summed E-state index contributed by atoms with van der Waals surface area (Å²) in [4.78, 5) is 23.9. The molecule has 1 atom stereocenters. The first-order chi connectivity index (χ1) is 17.7. The third-order valence-electron chi connectivity index (χ3n) is 6.29. The number of ether oxygens (including phenoxy) is 1. The van der Waals surface area contributed by atoms with Crippen molar-refractivity contribution in [1.82, 2.24) is 15.8 Å². The number of nitrogens with zero attached hydrogens (tertiary/aromatic N) is 2. The van der Waals surface area contributed by atoms with Gasteiger partial charge in [0.05, 0.1) is 13.7 Å². The van der Waals surface area contributed by atoms with E-state index in [9.17, 15) is 18.0 Å². The fraction of sp³-hybridized carbons (Fsp3) is 0.333. The highest BCUT2D eigenvalue weighted by atomic mass is 19.4. The van der Waals surface area contributed by atoms with Crippen LogP contribution < -0.4 is 20.4 Å². The summed E-state index contributed by atoms with van der Waals surface area (Å²) in [6.45, 7) is 5.34. The van der Waals surface area contributed by atoms with Gasteiger partial charge in [-0.05, 0) is 36.2 Å². The largest absolute Gasteiger partial charge is 0.494 e. The van der Waals surface area contributed by atoms with Crippen molar-refractivity contribution in [2.75, 3.05) is 38.3 Å². The number of fused-ring (bicyclic) bond motifs is 1. The molecule has 1 aliphatic heterocycles. The van der Waals surface area contributed by atoms with E-state index >= 15 is 0 Å². The Morgan fingerprint density at radius 3 is 2.70 bits per heavy atom. The molecule has 10 heteroatoms. The van der Waals surface area contributed by atoms with Crippen LogP contribution in [0.5, 0.6) is 5.75 Å². The SMILES string of the molecule is C=CCONC(=O)CC1(Cc2ccccc2)CN(c2ccc(OC)c3nc(C(F)(F)F)ccc23)CCN1. The first kappa shape index (κ1) is 26.4. The monoisotopic (exact) mass is 514 g/mol. The van der Waals surface area contributed by atoms with Gasteiger partial charge in [-0.2, -0.15) is 13.2 Å². The Morgan fingerprint density at radius 2 is 2.00 bits per heavy atom. The second kappa shape index (κ2) is 11.2. The van der Waals surface area contributed by atoms with Crippen LogP contribution in [0.4, 0.5) is 18.9 Å². The van der Waals surface area contributed by atoms with Gasteiger partial charge < -0.3 is 15.0 Å². The summed E-state index contributed by atoms with van der Waals surface area (Å²) in [6, 6.07) is 15.7. The molecular weight excluding hydrogens is 485 g/mol. The van der Waals surface area contributed by atoms with E-state index in [4.69, 9.17) is 9.57 Å². The molecule has 1 aromatic heterocycles. The van der Waals surface area contributed by atoms with Crippen molar-refractivity contribution in [2.45, 2.75) is 24.6 Å². The summed E-state index contributed by atoms with van der Waals surface area (Å²) in [5, 5.41) is 4.08. The number of hydroxylamine groups is 1. The minimum Gasteiger partial charge on any atom is -0.494 e. The van der Waals surface area contributed by atoms with Crippen LogP contribution in [-0.4, -0.2) is 49.8 Å². The summed E-state index contributed by atoms with van der Waals surface area (Å²) < 4.78 is 45.4. The van der Waals surface area contributed by atoms with Crippen molar-refractivity contribution >= 4 is 22.5 Å². The number of methoxy groups -OCH3 is 1. The normalized spacial score (nSPS) is 18.0. The molecule has 1 aliphatic rings. The second-order valence-electron chi connectivity index (χ2n) is 8.97. The number of aromatic nitrogens is 1. The van der Waals surface area contributed by atoms with Gasteiger partial charge in [0.1, 0.15) is 17.0 Å². The Balaban J connectivity index is 1.70. The summed E-state index contributed by atoms with van der Waals surface area (Å²) in [5.74, 6) is -0.0301. The topological polar surface area (TPSA) is 75.7 Å². The molecular formula is C27H29F3N4O3. The van der Waals surface area contributed by atoms with Gasteiger partial charge in [-0.15, -0.1) is 6.58 Å². The molecule has 37 heavy (non-hydrogen) atoms. The summed E-state index contributed by atoms with van der Waals surface area (Å²) in [6.07, 6.45) is -2.35. The molecule has 1 unspecified atom stereocenters. The number of benzene rings is 2. The number of alkyl halides is 3. The smallest absolute Gasteiger partial charge is 0.433 e. The van der Waals surface area contributed by atoms with Crippen molar-refractivity contribution in [3.8, 4) is 5.75 Å². The predicted molar refractivity (Wildman–Crippen MR) is 135 cm³/mol. The van der Waals surface area contributed by atoms with Crippen LogP contribution in [0.3, 0.4) is 0 Å². The van der Waals surface area contributed by atoms with Gasteiger partial charge in [-0.25, -0.2) is 10.5 Å². The quantitative estimate of drug-likeness (QED) is 0.252. The van der Waals surface area contributed by atoms with Crippen LogP contribution in [0.25, 0.3) is 10.9 Å². The minimum atomic E-state index is -4.57. The molecule has 1 saturated heterocycles. The van der Waals surface area contributed by atoms with Crippen molar-refractivity contribution < 1.29 is 27.5 Å². The Morgan fingerprint density at radius 1 is 1.22 bits per heavy atom. The fourth-order valence-corrected chi connectivity index (χ4v) is 4.75. The lowest BCUT2D eigenvalue weighted by atomic mass is 9.84. The van der Waals surface area contributed by atoms with Gasteiger partial charge in [0, 0.05) is 42.7 Å². The van der Waals surface area contributed by atoms with Crippen molar-refractivity contribution in [2.24, 2.45) is 0 Å². The second-order valence-corrected chi connectivity index (χ2v) is 8.97. The number of halogens is 3. The Hall–Kier alpha value is -3.63. The van der Waals surface area contributed by atoms with Gasteiger partial charge in [-0.1, -0.05) is 36.4 Å². The fourth-order valence-electron chi connectivity index (χ4n) is 4.75. The lowest BCUT2D eigenvalue weighted by Gasteiger charge is -2.45. The molecule has 3 aromatic rings. The number of hydrogen-bond acceptors (Lipinski definition) is 6. The highest BCUT2D eigenvalue weighted by Crippen LogP contribution is 2.37. The van der Waals surface area contributed by atoms with E-state index < -0.39 is 17.4 Å². The number of nitrogens with one attached hydrogen (secondary N) is 2. The van der Waals surface area contributed by atoms with E-state index in [1.54, 1.807) is 6.07 Å². The molecule has 0 radical (unpaired) electrons. The van der Waals surface area contributed by atoms with Crippen molar-refractivity contribution in [1.29, 1.82) is 0 Å². The molecule has 4 rings (SSSR count). The molecule has 196 valence electrons. The Kier molecular flexibility index (Phi) is 7.99. The summed E-state index contributed by atoms with van der Waals surface area (Å²) >= 11 is 0. The minimum absolute atomic E-state index is 0.125. The molecule has 7 nitrogen and oxygen atoms in total. The van der Waals surface area contributed by atoms with Crippen molar-refractivity contribution in [3.63, 3.8) is 0 Å². The first-order valence-corrected chi connectivity index (χ1v) is 11.8. The maximum Gasteiger partial charge on any atom is 0.433 e. The number of pyridine rings is 1. The van der Waals surface area contributed by atoms with Crippen LogP contribution >= 0.6 is 0 Å². The number of piperazine rings is 1. The third-order valence-corrected chi connectivity index (χ3v) is 6.29. The summed E-state index contributed by atoms with van der Waals surface area (Å²) in [5.41, 5.74) is 2.73. The molecule has 1 amide bonds. The molecule has 0 aliphatic carbocycles. The van der Waals surface area contributed by atoms with Gasteiger partial charge in [0.15, 0.2) is 0 Å². The third kappa shape index (κ3) is 6.20. The Bertz CT molecular complexity index is 1250. The van der Waals surface area contributed by atoms with Gasteiger partial charge in [0.25, 0.3) is 0 Å². The van der Waals surface area contributed by atoms with E-state index in [0.717, 1.165) is 17.3 Å². The number of carbonyl (C=O) groups excluding carboxylic acids is 1. The maximum absolute atomic E-state index is 13.4. The highest BCUT2D eigenvalue weighted by Gasteiger charge is 2.38. The summed E-state index contributed by atoms with van der Waals surface area (Å²) in [7, 11) is 1.40. The molecule has 0 saturated carbocycles. The zero-order valence-corrected chi connectivity index (χ0v) is 20.5. The average Bonchev–Trinajstić information content (AvgIpc) is 2.88. The van der Waals surface area contributed by atoms with Gasteiger partial charge >= 0.3 is 6.18 Å². The molecule has 2 aromatic carbocycles. The molecule has 2 heterocycles. The van der Waals surface area contributed by atoms with E-state index in [0.29, 0.717) is 31.4 Å². The van der Waals surface area contributed by atoms with Crippen LogP contribution in [0.2, 0.25) is 0 Å². The molecule has 1 fully saturated rings. The van der Waals surface area contributed by atoms with E-state index in [2.05, 4.69) is 27.3 Å². The maximum atomic E-state index is 13.4. The Labute approximate surface area is 213 Å². The van der Waals surface area contributed by atoms with Crippen LogP contribution in [0.15, 0.2) is 67.3 Å². The zero-order chi connectivity index (χ0) is 26.5. The van der Waals surface area contributed by atoms with Gasteiger partial charge in [-0.3, -0.25) is 9.63 Å². The van der Waals surface area contributed by atoms with Gasteiger partial charge in [0.2, 0.25) is 5.91 Å². The predicted octanol–water partition coefficient (Wildman–Crippen LogP) is 4.28. The molecule has 0 spiro atoms. The first-order valence-electron chi connectivity index (χ1n) is 11.8. The number of carbonyl (C=O) groups is 1. The lowest BCUT2D eigenvalue weighted by molar-refractivity contribution is -0.141. The highest BCUT2D eigenvalue weighted by molar-refractivity contribution is 5.96. The van der Waals surface area contributed by atoms with E-state index in [1.807, 2.05) is 36.4 Å². The average molecular weight is 515 g/mol. The van der Waals surface area contributed by atoms with Crippen LogP contribution in [-0.2, 0) is 22.2 Å². The molecule has 0 bridgehead atoms. The van der Waals surface area contributed by atoms with Crippen LogP contribution in [0.1, 0.15) is 17.7 Å². The van der Waals surface area contributed by atoms with E-state index in [-0.39, 0.29) is 30.2 Å². The number of amides is 1. The lowest BCUT2D eigenvalue weighted by Crippen LogP contribution is -2.63. The van der Waals surface area contributed by atoms with Crippen molar-refractivity contribution in [3.05, 3.63) is 78.5 Å². The zero-order valence-electron chi connectivity index (χ0n) is 20.5. The number of rotatable bonds is 9. The number of hydrogen-bond donors (Lipinski definition) is 2. The van der Waals surface area contributed by atoms with Crippen LogP contribution in [0, 0.1) is 0 Å². The van der Waals surface area contributed by atoms with E-state index in [1.165, 1.54) is 19.3 Å². The molecule has 2 N–H and O–H groups in total. The number of anilines is 1.